The largest absolute Gasteiger partial charge is 0.444 e. The van der Waals surface area contributed by atoms with E-state index >= 15 is 0 Å². The van der Waals surface area contributed by atoms with Gasteiger partial charge in [0, 0.05) is 25.7 Å². The molecular weight excluding hydrogens is 316 g/mol. The van der Waals surface area contributed by atoms with E-state index in [0.29, 0.717) is 17.9 Å². The minimum absolute atomic E-state index is 0.203. The fourth-order valence-electron chi connectivity index (χ4n) is 4.14. The Hall–Kier alpha value is -0.810. The molecule has 0 aromatic heterocycles. The van der Waals surface area contributed by atoms with Gasteiger partial charge in [-0.2, -0.15) is 0 Å². The van der Waals surface area contributed by atoms with Crippen LogP contribution in [0.15, 0.2) is 0 Å². The Morgan fingerprint density at radius 1 is 1.16 bits per heavy atom. The molecule has 1 unspecified atom stereocenters. The molecule has 2 aliphatic rings. The molecular formula is C20H38N2O3. The van der Waals surface area contributed by atoms with Crippen molar-refractivity contribution in [1.82, 2.24) is 10.2 Å². The van der Waals surface area contributed by atoms with Crippen molar-refractivity contribution in [3.63, 3.8) is 0 Å². The Balaban J connectivity index is 1.69. The predicted molar refractivity (Wildman–Crippen MR) is 101 cm³/mol. The van der Waals surface area contributed by atoms with Gasteiger partial charge in [0.1, 0.15) is 5.60 Å². The van der Waals surface area contributed by atoms with Gasteiger partial charge in [0.2, 0.25) is 0 Å². The van der Waals surface area contributed by atoms with Crippen LogP contribution >= 0.6 is 0 Å². The van der Waals surface area contributed by atoms with Gasteiger partial charge >= 0.3 is 6.09 Å². The summed E-state index contributed by atoms with van der Waals surface area (Å²) in [7, 11) is 0. The average molecular weight is 355 g/mol. The Morgan fingerprint density at radius 2 is 1.80 bits per heavy atom. The summed E-state index contributed by atoms with van der Waals surface area (Å²) < 4.78 is 5.46. The molecule has 2 rings (SSSR count). The molecule has 0 aromatic carbocycles. The summed E-state index contributed by atoms with van der Waals surface area (Å²) in [6, 6.07) is 0.683. The highest BCUT2D eigenvalue weighted by Crippen LogP contribution is 2.28. The average Bonchev–Trinajstić information content (AvgIpc) is 2.58. The zero-order chi connectivity index (χ0) is 18.3. The quantitative estimate of drug-likeness (QED) is 0.766. The third kappa shape index (κ3) is 7.14. The minimum atomic E-state index is -0.438. The molecule has 146 valence electrons. The van der Waals surface area contributed by atoms with Gasteiger partial charge < -0.3 is 20.1 Å². The van der Waals surface area contributed by atoms with Crippen molar-refractivity contribution >= 4 is 6.09 Å². The summed E-state index contributed by atoms with van der Waals surface area (Å²) in [6.07, 6.45) is 9.45. The number of nitrogens with one attached hydrogen (secondary N) is 1. The Kier molecular flexibility index (Phi) is 8.01. The van der Waals surface area contributed by atoms with Crippen LogP contribution < -0.4 is 5.32 Å². The lowest BCUT2D eigenvalue weighted by atomic mass is 9.82. The van der Waals surface area contributed by atoms with E-state index in [-0.39, 0.29) is 12.7 Å². The van der Waals surface area contributed by atoms with Gasteiger partial charge in [0.25, 0.3) is 0 Å². The minimum Gasteiger partial charge on any atom is -0.444 e. The molecule has 1 aliphatic carbocycles. The van der Waals surface area contributed by atoms with Gasteiger partial charge in [-0.1, -0.05) is 19.3 Å². The molecule has 0 aromatic rings. The van der Waals surface area contributed by atoms with Crippen molar-refractivity contribution in [2.45, 2.75) is 83.8 Å². The van der Waals surface area contributed by atoms with E-state index in [1.165, 1.54) is 32.1 Å². The number of likely N-dealkylation sites (tertiary alicyclic amines) is 1. The van der Waals surface area contributed by atoms with Crippen LogP contribution in [0.4, 0.5) is 4.79 Å². The molecule has 0 bridgehead atoms. The third-order valence-electron chi connectivity index (χ3n) is 5.65. The van der Waals surface area contributed by atoms with E-state index in [2.05, 4.69) is 5.32 Å². The number of ether oxygens (including phenoxy) is 1. The monoisotopic (exact) mass is 354 g/mol. The maximum Gasteiger partial charge on any atom is 0.410 e. The predicted octanol–water partition coefficient (Wildman–Crippen LogP) is 3.55. The first-order valence-electron chi connectivity index (χ1n) is 10.2. The molecule has 2 N–H and O–H groups in total. The van der Waals surface area contributed by atoms with E-state index in [9.17, 15) is 9.90 Å². The summed E-state index contributed by atoms with van der Waals surface area (Å²) >= 11 is 0. The smallest absolute Gasteiger partial charge is 0.410 e. The van der Waals surface area contributed by atoms with Gasteiger partial charge in [-0.25, -0.2) is 4.79 Å². The van der Waals surface area contributed by atoms with Gasteiger partial charge in [-0.05, 0) is 71.3 Å². The number of amides is 1. The maximum atomic E-state index is 12.2. The summed E-state index contributed by atoms with van der Waals surface area (Å²) in [6.45, 7) is 8.44. The molecule has 0 radical (unpaired) electrons. The van der Waals surface area contributed by atoms with Crippen LogP contribution in [0.5, 0.6) is 0 Å². The number of hydrogen-bond donors (Lipinski definition) is 2. The standard InChI is InChI=1S/C20H38N2O3/c1-20(2,3)25-19(24)22-13-10-16(11-14-22)17(15-23)9-12-21-18-7-5-4-6-8-18/h16-18,21,23H,4-15H2,1-3H3. The van der Waals surface area contributed by atoms with Crippen LogP contribution in [0.25, 0.3) is 0 Å². The van der Waals surface area contributed by atoms with Gasteiger partial charge in [-0.3, -0.25) is 0 Å². The lowest BCUT2D eigenvalue weighted by Gasteiger charge is -2.36. The van der Waals surface area contributed by atoms with Crippen LogP contribution in [0.2, 0.25) is 0 Å². The van der Waals surface area contributed by atoms with E-state index in [4.69, 9.17) is 4.74 Å². The van der Waals surface area contributed by atoms with Crippen LogP contribution in [-0.2, 0) is 4.74 Å². The number of hydrogen-bond acceptors (Lipinski definition) is 4. The number of nitrogens with zero attached hydrogens (tertiary/aromatic N) is 1. The van der Waals surface area contributed by atoms with E-state index < -0.39 is 5.60 Å². The van der Waals surface area contributed by atoms with E-state index in [0.717, 1.165) is 38.9 Å². The molecule has 1 heterocycles. The first-order chi connectivity index (χ1) is 11.9. The second-order valence-corrected chi connectivity index (χ2v) is 8.83. The molecule has 0 spiro atoms. The molecule has 5 heteroatoms. The topological polar surface area (TPSA) is 61.8 Å². The second kappa shape index (κ2) is 9.77. The lowest BCUT2D eigenvalue weighted by Crippen LogP contribution is -2.43. The zero-order valence-electron chi connectivity index (χ0n) is 16.4. The van der Waals surface area contributed by atoms with Gasteiger partial charge in [-0.15, -0.1) is 0 Å². The Labute approximate surface area is 153 Å². The Bertz CT molecular complexity index is 394. The van der Waals surface area contributed by atoms with Crippen LogP contribution in [0, 0.1) is 11.8 Å². The molecule has 1 atom stereocenters. The SMILES string of the molecule is CC(C)(C)OC(=O)N1CCC(C(CO)CCNC2CCCCC2)CC1. The number of carbonyl (C=O) groups excluding carboxylic acids is 1. The normalized spacial score (nSPS) is 22.0. The lowest BCUT2D eigenvalue weighted by molar-refractivity contribution is 0.0137. The van der Waals surface area contributed by atoms with Crippen molar-refractivity contribution in [2.75, 3.05) is 26.2 Å². The number of piperidine rings is 1. The Morgan fingerprint density at radius 3 is 2.36 bits per heavy atom. The zero-order valence-corrected chi connectivity index (χ0v) is 16.4. The molecule has 5 nitrogen and oxygen atoms in total. The molecule has 1 aliphatic heterocycles. The maximum absolute atomic E-state index is 12.2. The van der Waals surface area contributed by atoms with E-state index in [1.54, 1.807) is 0 Å². The number of rotatable bonds is 6. The van der Waals surface area contributed by atoms with Crippen molar-refractivity contribution in [2.24, 2.45) is 11.8 Å². The molecule has 1 saturated carbocycles. The van der Waals surface area contributed by atoms with Crippen molar-refractivity contribution in [3.8, 4) is 0 Å². The number of aliphatic hydroxyl groups is 1. The fraction of sp³-hybridized carbons (Fsp3) is 0.950. The van der Waals surface area contributed by atoms with Crippen molar-refractivity contribution in [3.05, 3.63) is 0 Å². The molecule has 1 amide bonds. The highest BCUT2D eigenvalue weighted by atomic mass is 16.6. The summed E-state index contributed by atoms with van der Waals surface area (Å²) in [5.41, 5.74) is -0.438. The second-order valence-electron chi connectivity index (χ2n) is 8.83. The molecule has 1 saturated heterocycles. The van der Waals surface area contributed by atoms with Crippen LogP contribution in [0.1, 0.15) is 72.1 Å². The van der Waals surface area contributed by atoms with Crippen molar-refractivity contribution < 1.29 is 14.6 Å². The van der Waals surface area contributed by atoms with Gasteiger partial charge in [0.15, 0.2) is 0 Å². The van der Waals surface area contributed by atoms with Gasteiger partial charge in [0.05, 0.1) is 0 Å². The number of carbonyl (C=O) groups is 1. The summed E-state index contributed by atoms with van der Waals surface area (Å²) in [4.78, 5) is 14.0. The molecule has 25 heavy (non-hydrogen) atoms. The first kappa shape index (κ1) is 20.5. The third-order valence-corrected chi connectivity index (χ3v) is 5.65. The van der Waals surface area contributed by atoms with E-state index in [1.807, 2.05) is 25.7 Å². The van der Waals surface area contributed by atoms with Crippen molar-refractivity contribution in [1.29, 1.82) is 0 Å². The molecule has 2 fully saturated rings. The first-order valence-corrected chi connectivity index (χ1v) is 10.2. The fourth-order valence-corrected chi connectivity index (χ4v) is 4.14. The van der Waals surface area contributed by atoms with Crippen LogP contribution in [0.3, 0.4) is 0 Å². The highest BCUT2D eigenvalue weighted by molar-refractivity contribution is 5.68. The summed E-state index contributed by atoms with van der Waals surface area (Å²) in [5.74, 6) is 0.855. The number of aliphatic hydroxyl groups excluding tert-OH is 1. The van der Waals surface area contributed by atoms with Crippen LogP contribution in [-0.4, -0.2) is 54.0 Å². The summed E-state index contributed by atoms with van der Waals surface area (Å²) in [5, 5.41) is 13.5. The highest BCUT2D eigenvalue weighted by Gasteiger charge is 2.30.